The quantitative estimate of drug-likeness (QED) is 0.630. The Bertz CT molecular complexity index is 979. The molecule has 1 N–H and O–H groups in total. The Balaban J connectivity index is 1.37. The average molecular weight is 393 g/mol. The van der Waals surface area contributed by atoms with E-state index in [-0.39, 0.29) is 5.91 Å². The van der Waals surface area contributed by atoms with Gasteiger partial charge in [0.25, 0.3) is 0 Å². The zero-order valence-electron chi connectivity index (χ0n) is 16.3. The fourth-order valence-corrected chi connectivity index (χ4v) is 4.36. The van der Waals surface area contributed by atoms with Crippen molar-refractivity contribution in [3.63, 3.8) is 0 Å². The van der Waals surface area contributed by atoms with E-state index in [1.165, 1.54) is 17.3 Å². The summed E-state index contributed by atoms with van der Waals surface area (Å²) >= 11 is 1.43. The molecule has 5 nitrogen and oxygen atoms in total. The summed E-state index contributed by atoms with van der Waals surface area (Å²) in [5, 5.41) is 12.5. The van der Waals surface area contributed by atoms with Gasteiger partial charge in [0.1, 0.15) is 5.82 Å². The minimum absolute atomic E-state index is 0.0273. The smallest absolute Gasteiger partial charge is 0.234 e. The van der Waals surface area contributed by atoms with E-state index >= 15 is 0 Å². The van der Waals surface area contributed by atoms with Gasteiger partial charge >= 0.3 is 0 Å². The molecule has 1 heterocycles. The molecule has 0 aliphatic heterocycles. The fourth-order valence-electron chi connectivity index (χ4n) is 3.64. The first-order chi connectivity index (χ1) is 13.5. The van der Waals surface area contributed by atoms with E-state index < -0.39 is 0 Å². The third kappa shape index (κ3) is 3.83. The van der Waals surface area contributed by atoms with E-state index in [0.29, 0.717) is 17.6 Å². The highest BCUT2D eigenvalue weighted by molar-refractivity contribution is 7.99. The molecule has 144 valence electrons. The molecular weight excluding hydrogens is 368 g/mol. The van der Waals surface area contributed by atoms with Crippen LogP contribution in [0, 0.1) is 13.8 Å². The maximum absolute atomic E-state index is 12.4. The van der Waals surface area contributed by atoms with Crippen LogP contribution in [0.2, 0.25) is 0 Å². The van der Waals surface area contributed by atoms with Crippen molar-refractivity contribution in [1.29, 1.82) is 0 Å². The molecule has 2 aromatic carbocycles. The number of rotatable bonds is 6. The summed E-state index contributed by atoms with van der Waals surface area (Å²) in [5.74, 6) is 2.23. The lowest BCUT2D eigenvalue weighted by Gasteiger charge is -2.11. The Morgan fingerprint density at radius 2 is 1.79 bits per heavy atom. The van der Waals surface area contributed by atoms with Crippen LogP contribution in [0.25, 0.3) is 0 Å². The van der Waals surface area contributed by atoms with E-state index in [0.717, 1.165) is 34.2 Å². The maximum atomic E-state index is 12.4. The van der Waals surface area contributed by atoms with Gasteiger partial charge < -0.3 is 9.88 Å². The first-order valence-corrected chi connectivity index (χ1v) is 10.5. The van der Waals surface area contributed by atoms with Crippen molar-refractivity contribution >= 4 is 23.4 Å². The van der Waals surface area contributed by atoms with Gasteiger partial charge in [-0.3, -0.25) is 4.79 Å². The molecule has 0 spiro atoms. The molecule has 1 amide bonds. The number of para-hydroxylation sites is 1. The van der Waals surface area contributed by atoms with Crippen LogP contribution in [0.1, 0.15) is 40.8 Å². The molecule has 6 heteroatoms. The largest absolute Gasteiger partial charge is 0.325 e. The molecule has 1 fully saturated rings. The number of nitrogens with one attached hydrogen (secondary N) is 1. The summed E-state index contributed by atoms with van der Waals surface area (Å²) in [7, 11) is 1.99. The van der Waals surface area contributed by atoms with Crippen LogP contribution in [0.5, 0.6) is 0 Å². The number of aryl methyl sites for hydroxylation is 2. The number of hydrogen-bond donors (Lipinski definition) is 1. The minimum Gasteiger partial charge on any atom is -0.325 e. The first-order valence-electron chi connectivity index (χ1n) is 9.47. The lowest BCUT2D eigenvalue weighted by molar-refractivity contribution is -0.113. The second-order valence-corrected chi connectivity index (χ2v) is 8.31. The van der Waals surface area contributed by atoms with Crippen molar-refractivity contribution in [2.45, 2.75) is 37.3 Å². The van der Waals surface area contributed by atoms with Crippen molar-refractivity contribution in [3.8, 4) is 0 Å². The predicted molar refractivity (Wildman–Crippen MR) is 113 cm³/mol. The summed E-state index contributed by atoms with van der Waals surface area (Å²) in [5.41, 5.74) is 4.40. The highest BCUT2D eigenvalue weighted by atomic mass is 32.2. The average Bonchev–Trinajstić information content (AvgIpc) is 3.40. The number of nitrogens with zero attached hydrogens (tertiary/aromatic N) is 3. The standard InChI is InChI=1S/C22H24N4OS/c1-14-8-7-9-15(2)20(14)23-19(27)13-28-22-25-24-21(26(22)3)18-12-17(18)16-10-5-4-6-11-16/h4-11,17-18H,12-13H2,1-3H3,(H,23,27). The SMILES string of the molecule is Cc1cccc(C)c1NC(=O)CSc1nnc(C2CC2c2ccccc2)n1C. The van der Waals surface area contributed by atoms with E-state index in [1.54, 1.807) is 0 Å². The van der Waals surface area contributed by atoms with E-state index in [2.05, 4.69) is 39.8 Å². The lowest BCUT2D eigenvalue weighted by atomic mass is 10.1. The number of anilines is 1. The predicted octanol–water partition coefficient (Wildman–Crippen LogP) is 4.43. The summed E-state index contributed by atoms with van der Waals surface area (Å²) in [6.07, 6.45) is 1.10. The van der Waals surface area contributed by atoms with Gasteiger partial charge in [-0.2, -0.15) is 0 Å². The Hall–Kier alpha value is -2.60. The highest BCUT2D eigenvalue weighted by Gasteiger charge is 2.42. The Morgan fingerprint density at radius 1 is 1.07 bits per heavy atom. The molecule has 1 aromatic heterocycles. The van der Waals surface area contributed by atoms with Crippen molar-refractivity contribution in [3.05, 3.63) is 71.0 Å². The van der Waals surface area contributed by atoms with Crippen LogP contribution in [0.3, 0.4) is 0 Å². The Labute approximate surface area is 169 Å². The molecule has 1 aliphatic rings. The number of aromatic nitrogens is 3. The molecule has 0 saturated heterocycles. The Morgan fingerprint density at radius 3 is 2.50 bits per heavy atom. The molecular formula is C22H24N4OS. The summed E-state index contributed by atoms with van der Waals surface area (Å²) < 4.78 is 2.03. The second-order valence-electron chi connectivity index (χ2n) is 7.36. The van der Waals surface area contributed by atoms with Gasteiger partial charge in [-0.05, 0) is 42.9 Å². The molecule has 0 bridgehead atoms. The van der Waals surface area contributed by atoms with Crippen molar-refractivity contribution in [1.82, 2.24) is 14.8 Å². The van der Waals surface area contributed by atoms with Gasteiger partial charge in [-0.1, -0.05) is 60.3 Å². The summed E-state index contributed by atoms with van der Waals surface area (Å²) in [6, 6.07) is 16.6. The van der Waals surface area contributed by atoms with E-state index in [4.69, 9.17) is 0 Å². The number of carbonyl (C=O) groups is 1. The third-order valence-electron chi connectivity index (χ3n) is 5.30. The zero-order chi connectivity index (χ0) is 19.7. The molecule has 28 heavy (non-hydrogen) atoms. The van der Waals surface area contributed by atoms with Crippen LogP contribution >= 0.6 is 11.8 Å². The third-order valence-corrected chi connectivity index (χ3v) is 6.32. The number of thioether (sulfide) groups is 1. The first kappa shape index (κ1) is 18.7. The number of carbonyl (C=O) groups excluding carboxylic acids is 1. The molecule has 4 rings (SSSR count). The zero-order valence-corrected chi connectivity index (χ0v) is 17.2. The van der Waals surface area contributed by atoms with Gasteiger partial charge in [0.05, 0.1) is 5.75 Å². The van der Waals surface area contributed by atoms with E-state index in [9.17, 15) is 4.79 Å². The van der Waals surface area contributed by atoms with Gasteiger partial charge in [-0.15, -0.1) is 10.2 Å². The minimum atomic E-state index is -0.0273. The van der Waals surface area contributed by atoms with Gasteiger partial charge in [0, 0.05) is 18.7 Å². The van der Waals surface area contributed by atoms with Crippen LogP contribution in [0.4, 0.5) is 5.69 Å². The normalized spacial score (nSPS) is 18.1. The van der Waals surface area contributed by atoms with Gasteiger partial charge in [-0.25, -0.2) is 0 Å². The van der Waals surface area contributed by atoms with Crippen LogP contribution < -0.4 is 5.32 Å². The van der Waals surface area contributed by atoms with Crippen molar-refractivity contribution in [2.24, 2.45) is 7.05 Å². The summed E-state index contributed by atoms with van der Waals surface area (Å²) in [6.45, 7) is 4.01. The topological polar surface area (TPSA) is 59.8 Å². The highest BCUT2D eigenvalue weighted by Crippen LogP contribution is 2.54. The summed E-state index contributed by atoms with van der Waals surface area (Å²) in [4.78, 5) is 12.4. The van der Waals surface area contributed by atoms with Crippen LogP contribution in [0.15, 0.2) is 53.7 Å². The second kappa shape index (κ2) is 7.80. The molecule has 1 aliphatic carbocycles. The number of benzene rings is 2. The molecule has 2 atom stereocenters. The van der Waals surface area contributed by atoms with Crippen molar-refractivity contribution in [2.75, 3.05) is 11.1 Å². The van der Waals surface area contributed by atoms with E-state index in [1.807, 2.05) is 49.7 Å². The molecule has 0 radical (unpaired) electrons. The number of amides is 1. The number of hydrogen-bond acceptors (Lipinski definition) is 4. The monoisotopic (exact) mass is 392 g/mol. The Kier molecular flexibility index (Phi) is 5.22. The lowest BCUT2D eigenvalue weighted by Crippen LogP contribution is -2.16. The van der Waals surface area contributed by atoms with Gasteiger partial charge in [0.15, 0.2) is 5.16 Å². The molecule has 1 saturated carbocycles. The fraction of sp³-hybridized carbons (Fsp3) is 0.318. The molecule has 3 aromatic rings. The van der Waals surface area contributed by atoms with Crippen molar-refractivity contribution < 1.29 is 4.79 Å². The molecule has 2 unspecified atom stereocenters. The van der Waals surface area contributed by atoms with Crippen LogP contribution in [-0.2, 0) is 11.8 Å². The van der Waals surface area contributed by atoms with Crippen LogP contribution in [-0.4, -0.2) is 26.4 Å². The van der Waals surface area contributed by atoms with Gasteiger partial charge in [0.2, 0.25) is 5.91 Å². The maximum Gasteiger partial charge on any atom is 0.234 e.